The summed E-state index contributed by atoms with van der Waals surface area (Å²) in [6, 6.07) is 14.1. The van der Waals surface area contributed by atoms with Gasteiger partial charge in [0.1, 0.15) is 0 Å². The second-order valence-electron chi connectivity index (χ2n) is 7.11. The molecule has 2 aromatic carbocycles. The van der Waals surface area contributed by atoms with Gasteiger partial charge in [-0.3, -0.25) is 4.79 Å². The maximum absolute atomic E-state index is 12.8. The van der Waals surface area contributed by atoms with E-state index < -0.39 is 27.5 Å². The van der Waals surface area contributed by atoms with Crippen LogP contribution in [-0.2, 0) is 26.0 Å². The molecule has 2 heterocycles. The van der Waals surface area contributed by atoms with Gasteiger partial charge in [0.2, 0.25) is 5.95 Å². The first-order chi connectivity index (χ1) is 14.8. The van der Waals surface area contributed by atoms with Gasteiger partial charge in [-0.15, -0.1) is 0 Å². The SMILES string of the molecule is C[C@]1(C(=O)Nc2ccc(S(=O)(=O)Nc3ncccn3)cc2)Cc2ccccc2C(=O)O1. The summed E-state index contributed by atoms with van der Waals surface area (Å²) < 4.78 is 32.6. The van der Waals surface area contributed by atoms with Crippen molar-refractivity contribution < 1.29 is 22.7 Å². The van der Waals surface area contributed by atoms with Gasteiger partial charge in [0.25, 0.3) is 15.9 Å². The lowest BCUT2D eigenvalue weighted by atomic mass is 9.89. The van der Waals surface area contributed by atoms with Crippen LogP contribution >= 0.6 is 0 Å². The Morgan fingerprint density at radius 2 is 1.71 bits per heavy atom. The molecule has 31 heavy (non-hydrogen) atoms. The molecule has 2 N–H and O–H groups in total. The molecule has 1 atom stereocenters. The number of amides is 1. The highest BCUT2D eigenvalue weighted by Gasteiger charge is 2.42. The van der Waals surface area contributed by atoms with Crippen molar-refractivity contribution in [2.24, 2.45) is 0 Å². The molecule has 1 aromatic heterocycles. The van der Waals surface area contributed by atoms with Crippen LogP contribution in [0.25, 0.3) is 0 Å². The van der Waals surface area contributed by atoms with Gasteiger partial charge >= 0.3 is 5.97 Å². The third kappa shape index (κ3) is 4.24. The van der Waals surface area contributed by atoms with E-state index >= 15 is 0 Å². The minimum Gasteiger partial charge on any atom is -0.445 e. The summed E-state index contributed by atoms with van der Waals surface area (Å²) in [4.78, 5) is 32.7. The summed E-state index contributed by atoms with van der Waals surface area (Å²) in [6.45, 7) is 1.54. The van der Waals surface area contributed by atoms with Crippen LogP contribution < -0.4 is 10.0 Å². The van der Waals surface area contributed by atoms with E-state index in [2.05, 4.69) is 20.0 Å². The molecule has 158 valence electrons. The molecular formula is C21H18N4O5S. The molecule has 0 fully saturated rings. The number of cyclic esters (lactones) is 1. The third-order valence-corrected chi connectivity index (χ3v) is 6.12. The minimum absolute atomic E-state index is 0.0258. The first-order valence-electron chi connectivity index (χ1n) is 9.29. The Hall–Kier alpha value is -3.79. The van der Waals surface area contributed by atoms with E-state index in [1.807, 2.05) is 0 Å². The first kappa shape index (κ1) is 20.5. The lowest BCUT2D eigenvalue weighted by Crippen LogP contribution is -2.48. The van der Waals surface area contributed by atoms with E-state index in [1.165, 1.54) is 36.7 Å². The lowest BCUT2D eigenvalue weighted by molar-refractivity contribution is -0.134. The highest BCUT2D eigenvalue weighted by Crippen LogP contribution is 2.29. The Bertz CT molecular complexity index is 1250. The topological polar surface area (TPSA) is 127 Å². The number of esters is 1. The number of carbonyl (C=O) groups excluding carboxylic acids is 2. The zero-order valence-corrected chi connectivity index (χ0v) is 17.2. The molecule has 3 aromatic rings. The average Bonchev–Trinajstić information content (AvgIpc) is 2.74. The number of nitrogens with zero attached hydrogens (tertiary/aromatic N) is 2. The molecule has 1 aliphatic rings. The lowest BCUT2D eigenvalue weighted by Gasteiger charge is -2.33. The standard InChI is InChI=1S/C21H18N4O5S/c1-21(13-14-5-2-3-6-17(14)18(26)30-21)19(27)24-15-7-9-16(10-8-15)31(28,29)25-20-22-11-4-12-23-20/h2-12H,13H2,1H3,(H,24,27)(H,22,23,25)/t21-/m1/s1. The quantitative estimate of drug-likeness (QED) is 0.586. The number of benzene rings is 2. The molecule has 9 nitrogen and oxygen atoms in total. The molecule has 0 radical (unpaired) electrons. The Morgan fingerprint density at radius 1 is 1.03 bits per heavy atom. The van der Waals surface area contributed by atoms with Crippen LogP contribution in [0.4, 0.5) is 11.6 Å². The number of hydrogen-bond acceptors (Lipinski definition) is 7. The molecule has 0 bridgehead atoms. The van der Waals surface area contributed by atoms with Crippen LogP contribution in [0, 0.1) is 0 Å². The monoisotopic (exact) mass is 438 g/mol. The number of hydrogen-bond donors (Lipinski definition) is 2. The van der Waals surface area contributed by atoms with E-state index in [4.69, 9.17) is 4.74 Å². The van der Waals surface area contributed by atoms with Crippen molar-refractivity contribution in [2.75, 3.05) is 10.0 Å². The van der Waals surface area contributed by atoms with E-state index in [0.29, 0.717) is 11.3 Å². The van der Waals surface area contributed by atoms with Crippen molar-refractivity contribution in [3.8, 4) is 0 Å². The summed E-state index contributed by atoms with van der Waals surface area (Å²) in [7, 11) is -3.89. The zero-order valence-electron chi connectivity index (χ0n) is 16.4. The van der Waals surface area contributed by atoms with E-state index in [9.17, 15) is 18.0 Å². The number of ether oxygens (including phenoxy) is 1. The van der Waals surface area contributed by atoms with Crippen LogP contribution in [0.2, 0.25) is 0 Å². The minimum atomic E-state index is -3.89. The molecule has 0 saturated carbocycles. The molecule has 1 amide bonds. The Morgan fingerprint density at radius 3 is 2.42 bits per heavy atom. The van der Waals surface area contributed by atoms with Gasteiger partial charge in [0, 0.05) is 24.5 Å². The summed E-state index contributed by atoms with van der Waals surface area (Å²) in [5.41, 5.74) is 0.142. The van der Waals surface area contributed by atoms with Crippen LogP contribution in [0.5, 0.6) is 0 Å². The molecule has 10 heteroatoms. The summed E-state index contributed by atoms with van der Waals surface area (Å²) in [5, 5.41) is 2.68. The highest BCUT2D eigenvalue weighted by atomic mass is 32.2. The number of rotatable bonds is 5. The predicted octanol–water partition coefficient (Wildman–Crippen LogP) is 2.39. The zero-order chi connectivity index (χ0) is 22.1. The van der Waals surface area contributed by atoms with Crippen molar-refractivity contribution in [1.29, 1.82) is 0 Å². The Balaban J connectivity index is 1.48. The molecule has 0 saturated heterocycles. The molecular weight excluding hydrogens is 420 g/mol. The van der Waals surface area contributed by atoms with E-state index in [-0.39, 0.29) is 17.3 Å². The summed E-state index contributed by atoms with van der Waals surface area (Å²) >= 11 is 0. The fourth-order valence-corrected chi connectivity index (χ4v) is 4.13. The molecule has 0 unspecified atom stereocenters. The van der Waals surface area contributed by atoms with Crippen LogP contribution in [0.15, 0.2) is 71.9 Å². The summed E-state index contributed by atoms with van der Waals surface area (Å²) in [6.07, 6.45) is 3.06. The fraction of sp³-hybridized carbons (Fsp3) is 0.143. The second kappa shape index (κ2) is 7.80. The van der Waals surface area contributed by atoms with Gasteiger partial charge in [-0.05, 0) is 48.9 Å². The smallest absolute Gasteiger partial charge is 0.339 e. The number of aromatic nitrogens is 2. The Labute approximate surface area is 178 Å². The maximum Gasteiger partial charge on any atom is 0.339 e. The van der Waals surface area contributed by atoms with Crippen molar-refractivity contribution in [1.82, 2.24) is 9.97 Å². The van der Waals surface area contributed by atoms with Gasteiger partial charge in [0.15, 0.2) is 5.60 Å². The number of fused-ring (bicyclic) bond motifs is 1. The van der Waals surface area contributed by atoms with Gasteiger partial charge in [-0.1, -0.05) is 18.2 Å². The van der Waals surface area contributed by atoms with Gasteiger partial charge < -0.3 is 10.1 Å². The van der Waals surface area contributed by atoms with Crippen molar-refractivity contribution in [3.05, 3.63) is 78.1 Å². The molecule has 0 spiro atoms. The fourth-order valence-electron chi connectivity index (χ4n) is 3.17. The number of nitrogens with one attached hydrogen (secondary N) is 2. The normalized spacial score (nSPS) is 17.9. The van der Waals surface area contributed by atoms with E-state index in [1.54, 1.807) is 37.3 Å². The number of anilines is 2. The molecule has 1 aliphatic heterocycles. The first-order valence-corrected chi connectivity index (χ1v) is 10.8. The van der Waals surface area contributed by atoms with Crippen molar-refractivity contribution in [3.63, 3.8) is 0 Å². The number of carbonyl (C=O) groups is 2. The predicted molar refractivity (Wildman–Crippen MR) is 112 cm³/mol. The average molecular weight is 438 g/mol. The number of sulfonamides is 1. The summed E-state index contributed by atoms with van der Waals surface area (Å²) in [5.74, 6) is -1.12. The third-order valence-electron chi connectivity index (χ3n) is 4.78. The van der Waals surface area contributed by atoms with Crippen molar-refractivity contribution in [2.45, 2.75) is 23.8 Å². The largest absolute Gasteiger partial charge is 0.445 e. The van der Waals surface area contributed by atoms with Crippen LogP contribution in [0.3, 0.4) is 0 Å². The van der Waals surface area contributed by atoms with Crippen molar-refractivity contribution >= 4 is 33.5 Å². The van der Waals surface area contributed by atoms with Crippen LogP contribution in [0.1, 0.15) is 22.8 Å². The molecule has 4 rings (SSSR count). The highest BCUT2D eigenvalue weighted by molar-refractivity contribution is 7.92. The van der Waals surface area contributed by atoms with Gasteiger partial charge in [0.05, 0.1) is 10.5 Å². The van der Waals surface area contributed by atoms with Crippen LogP contribution in [-0.4, -0.2) is 35.9 Å². The maximum atomic E-state index is 12.8. The Kier molecular flexibility index (Phi) is 5.15. The van der Waals surface area contributed by atoms with Gasteiger partial charge in [-0.2, -0.15) is 0 Å². The second-order valence-corrected chi connectivity index (χ2v) is 8.79. The van der Waals surface area contributed by atoms with Gasteiger partial charge in [-0.25, -0.2) is 27.9 Å². The molecule has 0 aliphatic carbocycles. The van der Waals surface area contributed by atoms with E-state index in [0.717, 1.165) is 5.56 Å².